The van der Waals surface area contributed by atoms with Crippen molar-refractivity contribution in [2.45, 2.75) is 46.4 Å². The van der Waals surface area contributed by atoms with E-state index in [1.807, 2.05) is 27.7 Å². The Hall–Kier alpha value is -1.49. The second-order valence-corrected chi connectivity index (χ2v) is 5.02. The van der Waals surface area contributed by atoms with Crippen LogP contribution in [0.3, 0.4) is 0 Å². The Kier molecular flexibility index (Phi) is 4.78. The van der Waals surface area contributed by atoms with E-state index in [2.05, 4.69) is 0 Å². The minimum atomic E-state index is -0.510. The molecule has 102 valence electrons. The van der Waals surface area contributed by atoms with Gasteiger partial charge < -0.3 is 19.2 Å². The van der Waals surface area contributed by atoms with Crippen molar-refractivity contribution < 1.29 is 19.1 Å². The third kappa shape index (κ3) is 4.41. The van der Waals surface area contributed by atoms with E-state index in [9.17, 15) is 4.79 Å². The van der Waals surface area contributed by atoms with Crippen molar-refractivity contribution in [2.75, 3.05) is 6.54 Å². The first kappa shape index (κ1) is 14.6. The first-order chi connectivity index (χ1) is 8.35. The topological polar surface area (TPSA) is 62.9 Å². The lowest BCUT2D eigenvalue weighted by Gasteiger charge is -2.25. The first-order valence-corrected chi connectivity index (χ1v) is 6.02. The number of furan rings is 1. The molecular weight excluding hydrogens is 234 g/mol. The number of aliphatic hydroxyl groups excluding tert-OH is 1. The maximum atomic E-state index is 11.9. The maximum absolute atomic E-state index is 11.9. The van der Waals surface area contributed by atoms with Crippen molar-refractivity contribution in [3.05, 3.63) is 23.7 Å². The molecule has 1 N–H and O–H groups in total. The number of ether oxygens (including phenoxy) is 1. The molecule has 1 rings (SSSR count). The summed E-state index contributed by atoms with van der Waals surface area (Å²) in [5.74, 6) is 1.12. The largest absolute Gasteiger partial charge is 0.462 e. The van der Waals surface area contributed by atoms with Gasteiger partial charge in [-0.1, -0.05) is 0 Å². The van der Waals surface area contributed by atoms with Crippen molar-refractivity contribution in [3.63, 3.8) is 0 Å². The number of hydrogen-bond acceptors (Lipinski definition) is 4. The molecule has 5 heteroatoms. The zero-order valence-electron chi connectivity index (χ0n) is 11.4. The lowest BCUT2D eigenvalue weighted by Crippen LogP contribution is -2.36. The van der Waals surface area contributed by atoms with Crippen molar-refractivity contribution in [1.29, 1.82) is 0 Å². The summed E-state index contributed by atoms with van der Waals surface area (Å²) in [6.07, 6.45) is -0.369. The molecule has 0 aromatic carbocycles. The number of rotatable bonds is 4. The van der Waals surface area contributed by atoms with E-state index in [-0.39, 0.29) is 12.7 Å². The highest BCUT2D eigenvalue weighted by Gasteiger charge is 2.21. The van der Waals surface area contributed by atoms with Crippen molar-refractivity contribution in [3.8, 4) is 0 Å². The third-order valence-corrected chi connectivity index (χ3v) is 2.25. The Balaban J connectivity index is 2.64. The maximum Gasteiger partial charge on any atom is 0.410 e. The molecule has 0 radical (unpaired) electrons. The fourth-order valence-corrected chi connectivity index (χ4v) is 1.41. The van der Waals surface area contributed by atoms with Crippen LogP contribution in [0.5, 0.6) is 0 Å². The van der Waals surface area contributed by atoms with Gasteiger partial charge in [0.1, 0.15) is 23.7 Å². The van der Waals surface area contributed by atoms with Gasteiger partial charge in [-0.15, -0.1) is 0 Å². The number of nitrogens with zero attached hydrogens (tertiary/aromatic N) is 1. The van der Waals surface area contributed by atoms with Crippen LogP contribution >= 0.6 is 0 Å². The quantitative estimate of drug-likeness (QED) is 0.898. The number of hydrogen-bond donors (Lipinski definition) is 1. The molecule has 1 aromatic heterocycles. The van der Waals surface area contributed by atoms with Crippen LogP contribution in [0.4, 0.5) is 4.79 Å². The van der Waals surface area contributed by atoms with Crippen molar-refractivity contribution in [1.82, 2.24) is 4.90 Å². The van der Waals surface area contributed by atoms with Crippen LogP contribution < -0.4 is 0 Å². The molecule has 18 heavy (non-hydrogen) atoms. The summed E-state index contributed by atoms with van der Waals surface area (Å²) in [4.78, 5) is 13.4. The van der Waals surface area contributed by atoms with Crippen molar-refractivity contribution in [2.24, 2.45) is 0 Å². The van der Waals surface area contributed by atoms with Crippen LogP contribution in [0.15, 0.2) is 16.5 Å². The summed E-state index contributed by atoms with van der Waals surface area (Å²) >= 11 is 0. The molecule has 1 aromatic rings. The van der Waals surface area contributed by atoms with E-state index < -0.39 is 5.60 Å². The molecule has 1 amide bonds. The van der Waals surface area contributed by atoms with Gasteiger partial charge in [0.25, 0.3) is 0 Å². The van der Waals surface area contributed by atoms with Gasteiger partial charge in [0.15, 0.2) is 0 Å². The van der Waals surface area contributed by atoms with E-state index >= 15 is 0 Å². The number of carbonyl (C=O) groups excluding carboxylic acids is 1. The summed E-state index contributed by atoms with van der Waals surface area (Å²) in [5.41, 5.74) is -0.510. The van der Waals surface area contributed by atoms with Crippen LogP contribution in [-0.4, -0.2) is 28.2 Å². The Morgan fingerprint density at radius 2 is 2.00 bits per heavy atom. The first-order valence-electron chi connectivity index (χ1n) is 6.02. The zero-order chi connectivity index (χ0) is 13.8. The minimum absolute atomic E-state index is 0.140. The molecule has 0 unspecified atom stereocenters. The Morgan fingerprint density at radius 1 is 1.39 bits per heavy atom. The zero-order valence-corrected chi connectivity index (χ0v) is 11.4. The Bertz CT molecular complexity index is 392. The second-order valence-electron chi connectivity index (χ2n) is 5.02. The van der Waals surface area contributed by atoms with Gasteiger partial charge in [0, 0.05) is 6.54 Å². The molecule has 0 aliphatic heterocycles. The van der Waals surface area contributed by atoms with Gasteiger partial charge in [0.2, 0.25) is 0 Å². The number of aliphatic hydroxyl groups is 1. The van der Waals surface area contributed by atoms with Gasteiger partial charge in [-0.3, -0.25) is 0 Å². The molecule has 1 heterocycles. The van der Waals surface area contributed by atoms with Crippen molar-refractivity contribution >= 4 is 6.09 Å². The van der Waals surface area contributed by atoms with Crippen LogP contribution in [0.25, 0.3) is 0 Å². The van der Waals surface area contributed by atoms with Gasteiger partial charge in [-0.05, 0) is 39.8 Å². The molecule has 0 saturated carbocycles. The molecule has 0 spiro atoms. The summed E-state index contributed by atoms with van der Waals surface area (Å²) < 4.78 is 10.6. The number of carbonyl (C=O) groups is 1. The Labute approximate surface area is 107 Å². The molecule has 0 fully saturated rings. The predicted octanol–water partition coefficient (Wildman–Crippen LogP) is 2.53. The van der Waals surface area contributed by atoms with Gasteiger partial charge in [0.05, 0.1) is 6.54 Å². The molecule has 0 aliphatic rings. The smallest absolute Gasteiger partial charge is 0.410 e. The summed E-state index contributed by atoms with van der Waals surface area (Å²) in [6.45, 7) is 8.09. The third-order valence-electron chi connectivity index (χ3n) is 2.25. The standard InChI is InChI=1S/C13H21NO4/c1-5-14(12(16)18-13(2,3)4)8-10-6-7-11(9-15)17-10/h6-7,15H,5,8-9H2,1-4H3. The summed E-state index contributed by atoms with van der Waals surface area (Å²) in [5, 5.41) is 8.91. The molecule has 5 nitrogen and oxygen atoms in total. The number of amides is 1. The fraction of sp³-hybridized carbons (Fsp3) is 0.615. The van der Waals surface area contributed by atoms with Crippen LogP contribution in [0.2, 0.25) is 0 Å². The fourth-order valence-electron chi connectivity index (χ4n) is 1.41. The van der Waals surface area contributed by atoms with Crippen LogP contribution in [0.1, 0.15) is 39.2 Å². The highest BCUT2D eigenvalue weighted by Crippen LogP contribution is 2.14. The lowest BCUT2D eigenvalue weighted by molar-refractivity contribution is 0.0231. The van der Waals surface area contributed by atoms with E-state index in [4.69, 9.17) is 14.3 Å². The highest BCUT2D eigenvalue weighted by molar-refractivity contribution is 5.68. The lowest BCUT2D eigenvalue weighted by atomic mass is 10.2. The molecule has 0 bridgehead atoms. The molecule has 0 atom stereocenters. The summed E-state index contributed by atoms with van der Waals surface area (Å²) in [7, 11) is 0. The van der Waals surface area contributed by atoms with Gasteiger partial charge in [-0.2, -0.15) is 0 Å². The van der Waals surface area contributed by atoms with E-state index in [0.29, 0.717) is 24.6 Å². The highest BCUT2D eigenvalue weighted by atomic mass is 16.6. The Morgan fingerprint density at radius 3 is 2.44 bits per heavy atom. The summed E-state index contributed by atoms with van der Waals surface area (Å²) in [6, 6.07) is 3.44. The molecular formula is C13H21NO4. The molecule has 0 aliphatic carbocycles. The average molecular weight is 255 g/mol. The normalized spacial score (nSPS) is 11.4. The van der Waals surface area contributed by atoms with E-state index in [1.165, 1.54) is 0 Å². The van der Waals surface area contributed by atoms with Crippen LogP contribution in [-0.2, 0) is 17.9 Å². The van der Waals surface area contributed by atoms with E-state index in [1.54, 1.807) is 17.0 Å². The van der Waals surface area contributed by atoms with E-state index in [0.717, 1.165) is 0 Å². The SMILES string of the molecule is CCN(Cc1ccc(CO)o1)C(=O)OC(C)(C)C. The second kappa shape index (κ2) is 5.91. The van der Waals surface area contributed by atoms with Gasteiger partial charge >= 0.3 is 6.09 Å². The monoisotopic (exact) mass is 255 g/mol. The minimum Gasteiger partial charge on any atom is -0.462 e. The van der Waals surface area contributed by atoms with Gasteiger partial charge in [-0.25, -0.2) is 4.79 Å². The molecule has 0 saturated heterocycles. The van der Waals surface area contributed by atoms with Crippen LogP contribution in [0, 0.1) is 0 Å². The predicted molar refractivity (Wildman–Crippen MR) is 66.9 cm³/mol. The average Bonchev–Trinajstić information content (AvgIpc) is 2.71.